The minimum Gasteiger partial charge on any atom is -0.374 e. The van der Waals surface area contributed by atoms with Gasteiger partial charge in [0.25, 0.3) is 5.95 Å². The summed E-state index contributed by atoms with van der Waals surface area (Å²) in [6.45, 7) is 2.07. The van der Waals surface area contributed by atoms with Gasteiger partial charge in [-0.1, -0.05) is 6.92 Å². The van der Waals surface area contributed by atoms with Gasteiger partial charge in [0.05, 0.1) is 5.69 Å². The van der Waals surface area contributed by atoms with Crippen molar-refractivity contribution < 1.29 is 34.8 Å². The average Bonchev–Trinajstić information content (AvgIpc) is 3.09. The molecule has 0 fully saturated rings. The van der Waals surface area contributed by atoms with E-state index in [4.69, 9.17) is 0 Å². The van der Waals surface area contributed by atoms with E-state index >= 15 is 0 Å². The predicted octanol–water partition coefficient (Wildman–Crippen LogP) is 4.77. The SMILES string of the molecule is CCCn1c(N=Nc2cc3c(cc2NS(=O)(=O)C(F)(F)F)N(C)CCC3)nnc1C(F)(F)F. The van der Waals surface area contributed by atoms with Crippen molar-refractivity contribution in [2.45, 2.75) is 44.4 Å². The van der Waals surface area contributed by atoms with Gasteiger partial charge < -0.3 is 4.90 Å². The molecule has 182 valence electrons. The van der Waals surface area contributed by atoms with E-state index in [2.05, 4.69) is 20.4 Å². The first-order valence-electron chi connectivity index (χ1n) is 9.64. The zero-order valence-corrected chi connectivity index (χ0v) is 18.2. The molecular weight excluding hydrogens is 480 g/mol. The number of sulfonamides is 1. The summed E-state index contributed by atoms with van der Waals surface area (Å²) >= 11 is 0. The number of anilines is 2. The van der Waals surface area contributed by atoms with Crippen LogP contribution in [-0.2, 0) is 29.2 Å². The lowest BCUT2D eigenvalue weighted by molar-refractivity contribution is -0.147. The smallest absolute Gasteiger partial charge is 0.374 e. The summed E-state index contributed by atoms with van der Waals surface area (Å²) in [4.78, 5) is 1.73. The van der Waals surface area contributed by atoms with Crippen molar-refractivity contribution in [3.8, 4) is 0 Å². The van der Waals surface area contributed by atoms with Gasteiger partial charge in [0.1, 0.15) is 5.69 Å². The number of nitrogens with zero attached hydrogens (tertiary/aromatic N) is 6. The van der Waals surface area contributed by atoms with Crippen molar-refractivity contribution in [3.63, 3.8) is 0 Å². The molecule has 1 N–H and O–H groups in total. The number of benzene rings is 1. The first-order chi connectivity index (χ1) is 15.2. The van der Waals surface area contributed by atoms with Gasteiger partial charge in [-0.15, -0.1) is 20.4 Å². The average molecular weight is 499 g/mol. The van der Waals surface area contributed by atoms with Crippen LogP contribution in [0.4, 0.5) is 49.4 Å². The largest absolute Gasteiger partial charge is 0.516 e. The quantitative estimate of drug-likeness (QED) is 0.456. The molecule has 1 aliphatic heterocycles. The Labute approximate surface area is 184 Å². The molecule has 0 amide bonds. The maximum Gasteiger partial charge on any atom is 0.516 e. The minimum atomic E-state index is -5.78. The van der Waals surface area contributed by atoms with Crippen LogP contribution in [0.25, 0.3) is 0 Å². The van der Waals surface area contributed by atoms with Crippen LogP contribution in [-0.4, -0.2) is 42.3 Å². The van der Waals surface area contributed by atoms with Crippen molar-refractivity contribution >= 4 is 33.0 Å². The Morgan fingerprint density at radius 3 is 2.42 bits per heavy atom. The number of alkyl halides is 6. The van der Waals surface area contributed by atoms with Gasteiger partial charge in [-0.05, 0) is 37.0 Å². The van der Waals surface area contributed by atoms with Gasteiger partial charge in [0.15, 0.2) is 0 Å². The van der Waals surface area contributed by atoms with Crippen molar-refractivity contribution in [3.05, 3.63) is 23.5 Å². The second-order valence-corrected chi connectivity index (χ2v) is 8.92. The van der Waals surface area contributed by atoms with Crippen molar-refractivity contribution in [1.82, 2.24) is 14.8 Å². The first kappa shape index (κ1) is 24.7. The molecule has 0 aliphatic carbocycles. The third-order valence-electron chi connectivity index (χ3n) is 4.78. The van der Waals surface area contributed by atoms with Gasteiger partial charge in [-0.2, -0.15) is 34.8 Å². The van der Waals surface area contributed by atoms with Gasteiger partial charge in [-0.3, -0.25) is 9.29 Å². The summed E-state index contributed by atoms with van der Waals surface area (Å²) in [6, 6.07) is 2.53. The molecule has 0 unspecified atom stereocenters. The molecule has 0 bridgehead atoms. The highest BCUT2D eigenvalue weighted by molar-refractivity contribution is 7.93. The molecule has 0 saturated heterocycles. The van der Waals surface area contributed by atoms with E-state index in [-0.39, 0.29) is 18.7 Å². The molecule has 2 heterocycles. The lowest BCUT2D eigenvalue weighted by Crippen LogP contribution is -2.30. The molecule has 9 nitrogen and oxygen atoms in total. The van der Waals surface area contributed by atoms with Gasteiger partial charge in [0, 0.05) is 25.8 Å². The molecule has 1 aromatic carbocycles. The molecule has 33 heavy (non-hydrogen) atoms. The second kappa shape index (κ2) is 8.79. The zero-order chi connectivity index (χ0) is 24.6. The maximum atomic E-state index is 13.2. The Morgan fingerprint density at radius 1 is 1.12 bits per heavy atom. The normalized spacial score (nSPS) is 15.2. The number of fused-ring (bicyclic) bond motifs is 1. The summed E-state index contributed by atoms with van der Waals surface area (Å²) < 4.78 is 104. The van der Waals surface area contributed by atoms with Crippen LogP contribution < -0.4 is 9.62 Å². The number of azo groups is 1. The molecule has 3 rings (SSSR count). The van der Waals surface area contributed by atoms with Crippen LogP contribution in [0.3, 0.4) is 0 Å². The summed E-state index contributed by atoms with van der Waals surface area (Å²) in [5, 5.41) is 13.8. The standard InChI is InChI=1S/C17H19F6N7O2S/c1-3-6-30-14(16(18,19)20)25-27-15(30)26-24-11-8-10-5-4-7-29(2)13(10)9-12(11)28-33(31,32)17(21,22)23/h8-9,28H,3-7H2,1-2H3. The molecule has 1 aromatic heterocycles. The number of rotatable bonds is 6. The summed E-state index contributed by atoms with van der Waals surface area (Å²) in [5.74, 6) is -1.83. The van der Waals surface area contributed by atoms with E-state index < -0.39 is 39.2 Å². The summed E-state index contributed by atoms with van der Waals surface area (Å²) in [6.07, 6.45) is -3.25. The third-order valence-corrected chi connectivity index (χ3v) is 5.87. The number of nitrogens with one attached hydrogen (secondary N) is 1. The summed E-state index contributed by atoms with van der Waals surface area (Å²) in [7, 11) is -4.10. The highest BCUT2D eigenvalue weighted by Crippen LogP contribution is 2.39. The van der Waals surface area contributed by atoms with Gasteiger partial charge >= 0.3 is 21.7 Å². The maximum absolute atomic E-state index is 13.2. The number of halogens is 6. The van der Waals surface area contributed by atoms with Crippen LogP contribution in [0.2, 0.25) is 0 Å². The van der Waals surface area contributed by atoms with E-state index in [0.717, 1.165) is 6.42 Å². The molecule has 2 aromatic rings. The fraction of sp³-hybridized carbons (Fsp3) is 0.529. The molecular formula is C17H19F6N7O2S. The predicted molar refractivity (Wildman–Crippen MR) is 106 cm³/mol. The Morgan fingerprint density at radius 2 is 1.82 bits per heavy atom. The molecule has 1 aliphatic rings. The lowest BCUT2D eigenvalue weighted by atomic mass is 10.0. The molecule has 0 radical (unpaired) electrons. The second-order valence-electron chi connectivity index (χ2n) is 7.25. The van der Waals surface area contributed by atoms with Crippen molar-refractivity contribution in [2.24, 2.45) is 10.2 Å². The summed E-state index contributed by atoms with van der Waals surface area (Å²) in [5.41, 5.74) is -5.27. The zero-order valence-electron chi connectivity index (χ0n) is 17.4. The van der Waals surface area contributed by atoms with Crippen LogP contribution in [0.15, 0.2) is 22.4 Å². The highest BCUT2D eigenvalue weighted by atomic mass is 32.2. The number of hydrogen-bond acceptors (Lipinski definition) is 7. The van der Waals surface area contributed by atoms with Crippen molar-refractivity contribution in [1.29, 1.82) is 0 Å². The lowest BCUT2D eigenvalue weighted by Gasteiger charge is -2.28. The fourth-order valence-corrected chi connectivity index (χ4v) is 3.85. The van der Waals surface area contributed by atoms with E-state index in [1.807, 2.05) is 0 Å². The monoisotopic (exact) mass is 499 g/mol. The van der Waals surface area contributed by atoms with E-state index in [1.54, 1.807) is 18.9 Å². The van der Waals surface area contributed by atoms with Crippen LogP contribution in [0, 0.1) is 0 Å². The molecule has 0 spiro atoms. The molecule has 0 atom stereocenters. The van der Waals surface area contributed by atoms with Crippen molar-refractivity contribution in [2.75, 3.05) is 23.2 Å². The first-order valence-corrected chi connectivity index (χ1v) is 11.1. The Bertz CT molecular complexity index is 1160. The third kappa shape index (κ3) is 5.20. The molecule has 0 saturated carbocycles. The Balaban J connectivity index is 2.09. The van der Waals surface area contributed by atoms with E-state index in [0.29, 0.717) is 28.8 Å². The van der Waals surface area contributed by atoms with E-state index in [1.165, 1.54) is 16.9 Å². The number of aryl methyl sites for hydroxylation is 1. The fourth-order valence-electron chi connectivity index (χ4n) is 3.28. The van der Waals surface area contributed by atoms with Gasteiger partial charge in [-0.25, -0.2) is 0 Å². The van der Waals surface area contributed by atoms with Crippen LogP contribution in [0.1, 0.15) is 31.2 Å². The van der Waals surface area contributed by atoms with E-state index in [9.17, 15) is 34.8 Å². The Kier molecular flexibility index (Phi) is 6.59. The van der Waals surface area contributed by atoms with Crippen LogP contribution in [0.5, 0.6) is 0 Å². The highest BCUT2D eigenvalue weighted by Gasteiger charge is 2.46. The number of hydrogen-bond donors (Lipinski definition) is 1. The minimum absolute atomic E-state index is 0.140. The molecule has 16 heteroatoms. The number of aromatic nitrogens is 3. The van der Waals surface area contributed by atoms with Crippen LogP contribution >= 0.6 is 0 Å². The van der Waals surface area contributed by atoms with Gasteiger partial charge in [0.2, 0.25) is 5.82 Å². The Hall–Kier alpha value is -2.91. The topological polar surface area (TPSA) is 105 Å².